The average molecular weight is 523 g/mol. The third kappa shape index (κ3) is 2.43. The summed E-state index contributed by atoms with van der Waals surface area (Å²) in [7, 11) is 0. The Hall–Kier alpha value is -1.21. The molecular weight excluding hydrogens is 491 g/mol. The first-order valence-corrected chi connectivity index (χ1v) is 20.9. The zero-order valence-corrected chi connectivity index (χ0v) is 21.7. The first-order chi connectivity index (χ1) is 12.5. The molecule has 0 radical (unpaired) electrons. The Morgan fingerprint density at radius 1 is 0.593 bits per heavy atom. The van der Waals surface area contributed by atoms with E-state index in [1.54, 1.807) is 11.1 Å². The number of rotatable bonds is 2. The molecule has 0 heterocycles. The van der Waals surface area contributed by atoms with Gasteiger partial charge in [0.2, 0.25) is 0 Å². The van der Waals surface area contributed by atoms with Crippen LogP contribution in [0.4, 0.5) is 0 Å². The maximum atomic E-state index is 2.68. The SMILES string of the molecule is Cc1cc2c(cc1C)[C](C)([Hf]([CH3])([CH3])[C]1(C)C=Cc3cc(C)c(C)cc31)C=C2. The summed E-state index contributed by atoms with van der Waals surface area (Å²) in [6, 6.07) is 9.75. The molecule has 2 atom stereocenters. The molecule has 0 saturated carbocycles. The molecular formula is C26H32Hf. The fourth-order valence-electron chi connectivity index (χ4n) is 5.17. The summed E-state index contributed by atoms with van der Waals surface area (Å²) < 4.78 is 5.77. The van der Waals surface area contributed by atoms with Gasteiger partial charge < -0.3 is 0 Å². The van der Waals surface area contributed by atoms with Gasteiger partial charge in [-0.15, -0.1) is 0 Å². The van der Waals surface area contributed by atoms with Crippen LogP contribution in [0.3, 0.4) is 0 Å². The summed E-state index contributed by atoms with van der Waals surface area (Å²) in [5, 5.41) is 0. The Labute approximate surface area is 169 Å². The van der Waals surface area contributed by atoms with Crippen LogP contribution >= 0.6 is 0 Å². The number of hydrogen-bond donors (Lipinski definition) is 0. The van der Waals surface area contributed by atoms with Crippen molar-refractivity contribution in [2.45, 2.75) is 57.2 Å². The summed E-state index contributed by atoms with van der Waals surface area (Å²) in [6.07, 6.45) is 9.90. The van der Waals surface area contributed by atoms with E-state index in [1.807, 2.05) is 0 Å². The van der Waals surface area contributed by atoms with Crippen LogP contribution in [0.2, 0.25) is 9.36 Å². The minimum atomic E-state index is -2.96. The second kappa shape index (κ2) is 5.89. The van der Waals surface area contributed by atoms with Crippen molar-refractivity contribution >= 4 is 12.2 Å². The van der Waals surface area contributed by atoms with Gasteiger partial charge in [0.05, 0.1) is 0 Å². The minimum absolute atomic E-state index is 0.209. The van der Waals surface area contributed by atoms with Gasteiger partial charge in [0.15, 0.2) is 0 Å². The van der Waals surface area contributed by atoms with Gasteiger partial charge >= 0.3 is 170 Å². The molecule has 0 amide bonds. The number of hydrogen-bond acceptors (Lipinski definition) is 0. The number of aryl methyl sites for hydroxylation is 4. The van der Waals surface area contributed by atoms with Crippen LogP contribution < -0.4 is 0 Å². The molecule has 0 fully saturated rings. The third-order valence-corrected chi connectivity index (χ3v) is 30.0. The van der Waals surface area contributed by atoms with Crippen LogP contribution in [0.25, 0.3) is 12.2 Å². The predicted molar refractivity (Wildman–Crippen MR) is 116 cm³/mol. The maximum absolute atomic E-state index is 2.96. The first-order valence-electron chi connectivity index (χ1n) is 10.1. The van der Waals surface area contributed by atoms with Crippen molar-refractivity contribution in [2.24, 2.45) is 0 Å². The Bertz CT molecular complexity index is 939. The normalized spacial score (nSPS) is 25.8. The fraction of sp³-hybridized carbons (Fsp3) is 0.385. The molecule has 0 aliphatic heterocycles. The van der Waals surface area contributed by atoms with Crippen LogP contribution in [-0.4, -0.2) is 0 Å². The number of fused-ring (bicyclic) bond motifs is 2. The Balaban J connectivity index is 1.90. The average Bonchev–Trinajstić information content (AvgIpc) is 3.10. The molecule has 2 aliphatic rings. The molecule has 2 unspecified atom stereocenters. The summed E-state index contributed by atoms with van der Waals surface area (Å²) in [4.78, 5) is 0. The van der Waals surface area contributed by atoms with E-state index >= 15 is 0 Å². The molecule has 0 nitrogen and oxygen atoms in total. The standard InChI is InChI=1S/2C12H13.2CH3.Hf/c2*1-8-4-5-11-6-9(2)10(3)7-12(8)11;;;/h2*4-7H,1-3H3;2*1H3;. The van der Waals surface area contributed by atoms with Crippen LogP contribution in [0.15, 0.2) is 36.4 Å². The predicted octanol–water partition coefficient (Wildman–Crippen LogP) is 7.35. The van der Waals surface area contributed by atoms with Gasteiger partial charge in [-0.2, -0.15) is 0 Å². The van der Waals surface area contributed by atoms with Crippen molar-refractivity contribution in [3.8, 4) is 0 Å². The molecule has 0 aromatic heterocycles. The summed E-state index contributed by atoms with van der Waals surface area (Å²) in [5.74, 6) is 0. The molecule has 2 aliphatic carbocycles. The van der Waals surface area contributed by atoms with Gasteiger partial charge in [0.25, 0.3) is 0 Å². The van der Waals surface area contributed by atoms with Crippen molar-refractivity contribution in [3.05, 3.63) is 80.9 Å². The topological polar surface area (TPSA) is 0 Å². The van der Waals surface area contributed by atoms with Crippen molar-refractivity contribution in [3.63, 3.8) is 0 Å². The second-order valence-electron chi connectivity index (χ2n) is 9.74. The monoisotopic (exact) mass is 524 g/mol. The van der Waals surface area contributed by atoms with Gasteiger partial charge in [-0.3, -0.25) is 0 Å². The molecule has 0 saturated heterocycles. The van der Waals surface area contributed by atoms with Crippen molar-refractivity contribution in [2.75, 3.05) is 0 Å². The number of allylic oxidation sites excluding steroid dienone is 2. The van der Waals surface area contributed by atoms with E-state index in [0.29, 0.717) is 0 Å². The van der Waals surface area contributed by atoms with Crippen molar-refractivity contribution < 1.29 is 20.0 Å². The quantitative estimate of drug-likeness (QED) is 0.362. The van der Waals surface area contributed by atoms with Gasteiger partial charge in [-0.1, -0.05) is 0 Å². The van der Waals surface area contributed by atoms with Gasteiger partial charge in [-0.05, 0) is 0 Å². The number of benzene rings is 2. The van der Waals surface area contributed by atoms with Crippen LogP contribution in [-0.2, 0) is 26.3 Å². The summed E-state index contributed by atoms with van der Waals surface area (Å²) in [5.41, 5.74) is 11.7. The first kappa shape index (κ1) is 19.1. The van der Waals surface area contributed by atoms with E-state index in [1.165, 1.54) is 33.4 Å². The molecule has 1 heteroatoms. The van der Waals surface area contributed by atoms with Gasteiger partial charge in [0, 0.05) is 0 Å². The Morgan fingerprint density at radius 3 is 1.30 bits per heavy atom. The molecule has 27 heavy (non-hydrogen) atoms. The van der Waals surface area contributed by atoms with E-state index in [4.69, 9.17) is 0 Å². The van der Waals surface area contributed by atoms with Crippen LogP contribution in [0.5, 0.6) is 0 Å². The van der Waals surface area contributed by atoms with Crippen LogP contribution in [0, 0.1) is 27.7 Å². The second-order valence-corrected chi connectivity index (χ2v) is 28.9. The molecule has 0 bridgehead atoms. The summed E-state index contributed by atoms with van der Waals surface area (Å²) >= 11 is -2.96. The molecule has 0 spiro atoms. The molecule has 0 N–H and O–H groups in total. The molecule has 4 rings (SSSR count). The van der Waals surface area contributed by atoms with Crippen molar-refractivity contribution in [1.29, 1.82) is 0 Å². The molecule has 140 valence electrons. The van der Waals surface area contributed by atoms with Gasteiger partial charge in [-0.25, -0.2) is 0 Å². The van der Waals surface area contributed by atoms with E-state index < -0.39 is 20.0 Å². The molecule has 2 aromatic carbocycles. The van der Waals surface area contributed by atoms with E-state index in [-0.39, 0.29) is 6.34 Å². The van der Waals surface area contributed by atoms with Crippen molar-refractivity contribution in [1.82, 2.24) is 0 Å². The molecule has 2 aromatic rings. The zero-order valence-electron chi connectivity index (χ0n) is 18.1. The van der Waals surface area contributed by atoms with Gasteiger partial charge in [0.1, 0.15) is 0 Å². The Kier molecular flexibility index (Phi) is 4.17. The fourth-order valence-corrected chi connectivity index (χ4v) is 19.0. The van der Waals surface area contributed by atoms with Crippen LogP contribution in [0.1, 0.15) is 58.4 Å². The third-order valence-electron chi connectivity index (χ3n) is 8.24. The summed E-state index contributed by atoms with van der Waals surface area (Å²) in [6.45, 7) is 14.1. The van der Waals surface area contributed by atoms with E-state index in [0.717, 1.165) is 0 Å². The Morgan fingerprint density at radius 2 is 0.926 bits per heavy atom. The van der Waals surface area contributed by atoms with E-state index in [9.17, 15) is 0 Å². The zero-order chi connectivity index (χ0) is 19.8. The van der Waals surface area contributed by atoms with E-state index in [2.05, 4.69) is 99.5 Å².